The van der Waals surface area contributed by atoms with Crippen LogP contribution in [-0.4, -0.2) is 11.9 Å². The van der Waals surface area contributed by atoms with Crippen molar-refractivity contribution in [3.63, 3.8) is 0 Å². The molecule has 1 amide bonds. The minimum Gasteiger partial charge on any atom is -0.324 e. The average Bonchev–Trinajstić information content (AvgIpc) is 2.53. The summed E-state index contributed by atoms with van der Waals surface area (Å²) < 4.78 is 0.984. The summed E-state index contributed by atoms with van der Waals surface area (Å²) in [5.41, 5.74) is 1.95. The van der Waals surface area contributed by atoms with Crippen LogP contribution >= 0.6 is 15.9 Å². The highest BCUT2D eigenvalue weighted by Gasteiger charge is 2.31. The summed E-state index contributed by atoms with van der Waals surface area (Å²) in [6.07, 6.45) is 1.07. The van der Waals surface area contributed by atoms with Crippen molar-refractivity contribution in [2.24, 2.45) is 5.92 Å². The second-order valence-electron chi connectivity index (χ2n) is 5.35. The van der Waals surface area contributed by atoms with Crippen LogP contribution in [0.5, 0.6) is 0 Å². The molecule has 4 heteroatoms. The zero-order valence-corrected chi connectivity index (χ0v) is 12.5. The number of carbonyl (C=O) groups is 1. The highest BCUT2D eigenvalue weighted by Crippen LogP contribution is 2.33. The summed E-state index contributed by atoms with van der Waals surface area (Å²) in [6, 6.07) is 6.03. The lowest BCUT2D eigenvalue weighted by Crippen LogP contribution is -2.35. The minimum atomic E-state index is -0.221. The summed E-state index contributed by atoms with van der Waals surface area (Å²) in [4.78, 5) is 12.0. The molecule has 2 rings (SSSR count). The molecular weight excluding hydrogens is 292 g/mol. The van der Waals surface area contributed by atoms with Crippen molar-refractivity contribution >= 4 is 27.5 Å². The molecule has 2 unspecified atom stereocenters. The van der Waals surface area contributed by atoms with Crippen molar-refractivity contribution in [2.45, 2.75) is 39.3 Å². The largest absolute Gasteiger partial charge is 0.324 e. The number of benzene rings is 1. The van der Waals surface area contributed by atoms with Gasteiger partial charge in [0.15, 0.2) is 0 Å². The van der Waals surface area contributed by atoms with Crippen molar-refractivity contribution in [3.8, 4) is 0 Å². The predicted octanol–water partition coefficient (Wildman–Crippen LogP) is 3.47. The molecule has 2 N–H and O–H groups in total. The van der Waals surface area contributed by atoms with Crippen molar-refractivity contribution in [2.75, 3.05) is 5.32 Å². The van der Waals surface area contributed by atoms with Gasteiger partial charge in [0.05, 0.1) is 0 Å². The fourth-order valence-electron chi connectivity index (χ4n) is 2.46. The molecule has 0 spiro atoms. The molecule has 98 valence electrons. The summed E-state index contributed by atoms with van der Waals surface area (Å²) in [5.74, 6) is 0.667. The van der Waals surface area contributed by atoms with E-state index >= 15 is 0 Å². The van der Waals surface area contributed by atoms with Gasteiger partial charge in [0, 0.05) is 21.8 Å². The molecule has 1 aromatic rings. The number of hydrogen-bond acceptors (Lipinski definition) is 2. The molecule has 2 atom stereocenters. The van der Waals surface area contributed by atoms with Crippen LogP contribution in [0.4, 0.5) is 5.69 Å². The van der Waals surface area contributed by atoms with Crippen LogP contribution in [0.25, 0.3) is 0 Å². The lowest BCUT2D eigenvalue weighted by molar-refractivity contribution is -0.117. The van der Waals surface area contributed by atoms with Crippen LogP contribution in [0.2, 0.25) is 0 Å². The van der Waals surface area contributed by atoms with Gasteiger partial charge >= 0.3 is 0 Å². The third kappa shape index (κ3) is 2.93. The van der Waals surface area contributed by atoms with E-state index in [0.29, 0.717) is 12.0 Å². The Morgan fingerprint density at radius 1 is 1.39 bits per heavy atom. The van der Waals surface area contributed by atoms with E-state index in [0.717, 1.165) is 22.1 Å². The van der Waals surface area contributed by atoms with Crippen LogP contribution < -0.4 is 10.6 Å². The molecule has 0 fully saturated rings. The molecule has 1 aliphatic rings. The maximum Gasteiger partial charge on any atom is 0.246 e. The smallest absolute Gasteiger partial charge is 0.246 e. The summed E-state index contributed by atoms with van der Waals surface area (Å²) in [7, 11) is 0. The number of hydrogen-bond donors (Lipinski definition) is 2. The Morgan fingerprint density at radius 3 is 2.78 bits per heavy atom. The molecule has 0 aromatic heterocycles. The van der Waals surface area contributed by atoms with E-state index in [2.05, 4.69) is 47.3 Å². The minimum absolute atomic E-state index is 0.0405. The number of anilines is 1. The Kier molecular flexibility index (Phi) is 4.07. The Labute approximate surface area is 116 Å². The van der Waals surface area contributed by atoms with Gasteiger partial charge in [0.25, 0.3) is 0 Å². The standard InChI is InChI=1S/C14H19BrN2O/c1-8(2)6-9(3)16-13-11-5-4-10(15)7-12(11)17-14(13)18/h4-5,7-9,13,16H,6H2,1-3H3,(H,17,18). The first-order valence-electron chi connectivity index (χ1n) is 6.33. The number of nitrogens with one attached hydrogen (secondary N) is 2. The molecule has 0 bridgehead atoms. The number of rotatable bonds is 4. The number of carbonyl (C=O) groups excluding carboxylic acids is 1. The molecule has 1 aliphatic heterocycles. The van der Waals surface area contributed by atoms with Crippen molar-refractivity contribution < 1.29 is 4.79 Å². The fraction of sp³-hybridized carbons (Fsp3) is 0.500. The van der Waals surface area contributed by atoms with Crippen LogP contribution in [-0.2, 0) is 4.79 Å². The first kappa shape index (κ1) is 13.6. The van der Waals surface area contributed by atoms with Gasteiger partial charge in [-0.1, -0.05) is 35.8 Å². The van der Waals surface area contributed by atoms with Gasteiger partial charge in [0.2, 0.25) is 5.91 Å². The number of fused-ring (bicyclic) bond motifs is 1. The molecule has 1 heterocycles. The Morgan fingerprint density at radius 2 is 2.11 bits per heavy atom. The molecule has 0 saturated heterocycles. The molecule has 0 saturated carbocycles. The summed E-state index contributed by atoms with van der Waals surface area (Å²) in [5, 5.41) is 6.32. The van der Waals surface area contributed by atoms with Crippen LogP contribution in [0.3, 0.4) is 0 Å². The van der Waals surface area contributed by atoms with E-state index in [9.17, 15) is 4.79 Å². The molecule has 0 radical (unpaired) electrons. The van der Waals surface area contributed by atoms with Crippen LogP contribution in [0.1, 0.15) is 38.8 Å². The number of amides is 1. The van der Waals surface area contributed by atoms with Crippen LogP contribution in [0.15, 0.2) is 22.7 Å². The lowest BCUT2D eigenvalue weighted by atomic mass is 10.0. The predicted molar refractivity (Wildman–Crippen MR) is 77.6 cm³/mol. The average molecular weight is 311 g/mol. The van der Waals surface area contributed by atoms with E-state index in [-0.39, 0.29) is 11.9 Å². The lowest BCUT2D eigenvalue weighted by Gasteiger charge is -2.20. The Balaban J connectivity index is 2.13. The maximum absolute atomic E-state index is 12.0. The third-order valence-electron chi connectivity index (χ3n) is 3.12. The third-order valence-corrected chi connectivity index (χ3v) is 3.62. The van der Waals surface area contributed by atoms with Crippen molar-refractivity contribution in [3.05, 3.63) is 28.2 Å². The van der Waals surface area contributed by atoms with E-state index in [4.69, 9.17) is 0 Å². The zero-order valence-electron chi connectivity index (χ0n) is 11.0. The van der Waals surface area contributed by atoms with Gasteiger partial charge in [-0.15, -0.1) is 0 Å². The summed E-state index contributed by atoms with van der Waals surface area (Å²) >= 11 is 3.42. The van der Waals surface area contributed by atoms with Crippen LogP contribution in [0, 0.1) is 5.92 Å². The van der Waals surface area contributed by atoms with E-state index in [1.54, 1.807) is 0 Å². The quantitative estimate of drug-likeness (QED) is 0.894. The van der Waals surface area contributed by atoms with Gasteiger partial charge in [-0.2, -0.15) is 0 Å². The number of halogens is 1. The molecule has 0 aliphatic carbocycles. The molecule has 18 heavy (non-hydrogen) atoms. The maximum atomic E-state index is 12.0. The molecule has 1 aromatic carbocycles. The van der Waals surface area contributed by atoms with Crippen molar-refractivity contribution in [1.82, 2.24) is 5.32 Å². The second-order valence-corrected chi connectivity index (χ2v) is 6.27. The van der Waals surface area contributed by atoms with E-state index in [1.165, 1.54) is 0 Å². The second kappa shape index (κ2) is 5.41. The topological polar surface area (TPSA) is 41.1 Å². The van der Waals surface area contributed by atoms with Gasteiger partial charge in [-0.25, -0.2) is 0 Å². The first-order valence-corrected chi connectivity index (χ1v) is 7.13. The van der Waals surface area contributed by atoms with E-state index < -0.39 is 0 Å². The highest BCUT2D eigenvalue weighted by atomic mass is 79.9. The SMILES string of the molecule is CC(C)CC(C)NC1C(=O)Nc2cc(Br)ccc21. The molecular formula is C14H19BrN2O. The zero-order chi connectivity index (χ0) is 13.3. The summed E-state index contributed by atoms with van der Waals surface area (Å²) in [6.45, 7) is 6.51. The van der Waals surface area contributed by atoms with Gasteiger partial charge in [-0.3, -0.25) is 10.1 Å². The molecule has 3 nitrogen and oxygen atoms in total. The van der Waals surface area contributed by atoms with E-state index in [1.807, 2.05) is 18.2 Å². The monoisotopic (exact) mass is 310 g/mol. The Bertz CT molecular complexity index is 459. The van der Waals surface area contributed by atoms with Gasteiger partial charge < -0.3 is 5.32 Å². The Hall–Kier alpha value is -0.870. The van der Waals surface area contributed by atoms with Gasteiger partial charge in [0.1, 0.15) is 6.04 Å². The highest BCUT2D eigenvalue weighted by molar-refractivity contribution is 9.10. The normalized spacial score (nSPS) is 19.8. The van der Waals surface area contributed by atoms with Crippen molar-refractivity contribution in [1.29, 1.82) is 0 Å². The fourth-order valence-corrected chi connectivity index (χ4v) is 2.82. The van der Waals surface area contributed by atoms with Gasteiger partial charge in [-0.05, 0) is 31.4 Å². The first-order chi connectivity index (χ1) is 8.47.